The van der Waals surface area contributed by atoms with Crippen molar-refractivity contribution in [2.45, 2.75) is 26.8 Å². The molecule has 0 radical (unpaired) electrons. The summed E-state index contributed by atoms with van der Waals surface area (Å²) in [6.07, 6.45) is 0. The Kier molecular flexibility index (Phi) is 7.23. The molecule has 2 rings (SSSR count). The van der Waals surface area contributed by atoms with Crippen molar-refractivity contribution in [2.75, 3.05) is 25.5 Å². The predicted octanol–water partition coefficient (Wildman–Crippen LogP) is 3.35. The first-order chi connectivity index (χ1) is 12.8. The number of benzene rings is 2. The van der Waals surface area contributed by atoms with Crippen LogP contribution in [-0.2, 0) is 4.79 Å². The van der Waals surface area contributed by atoms with E-state index in [9.17, 15) is 9.59 Å². The van der Waals surface area contributed by atoms with Crippen molar-refractivity contribution in [2.24, 2.45) is 0 Å². The molecule has 0 fully saturated rings. The van der Waals surface area contributed by atoms with Crippen molar-refractivity contribution >= 4 is 17.6 Å². The topological polar surface area (TPSA) is 70.7 Å². The van der Waals surface area contributed by atoms with Crippen molar-refractivity contribution in [1.29, 1.82) is 0 Å². The summed E-state index contributed by atoms with van der Waals surface area (Å²) in [5, 5.41) is 5.35. The van der Waals surface area contributed by atoms with Gasteiger partial charge in [-0.2, -0.15) is 0 Å². The van der Waals surface area contributed by atoms with E-state index in [2.05, 4.69) is 16.7 Å². The minimum Gasteiger partial charge on any atom is -0.492 e. The highest BCUT2D eigenvalue weighted by Crippen LogP contribution is 2.16. The van der Waals surface area contributed by atoms with Crippen LogP contribution in [0.3, 0.4) is 0 Å². The molecule has 2 aromatic rings. The second-order valence-electron chi connectivity index (χ2n) is 6.62. The Labute approximate surface area is 160 Å². The molecular weight excluding hydrogens is 342 g/mol. The lowest BCUT2D eigenvalue weighted by Gasteiger charge is -2.22. The third-order valence-electron chi connectivity index (χ3n) is 4.02. The lowest BCUT2D eigenvalue weighted by atomic mass is 10.1. The molecule has 1 atom stereocenters. The highest BCUT2D eigenvalue weighted by Gasteiger charge is 2.19. The monoisotopic (exact) mass is 369 g/mol. The summed E-state index contributed by atoms with van der Waals surface area (Å²) >= 11 is 0. The third-order valence-corrected chi connectivity index (χ3v) is 4.02. The Morgan fingerprint density at radius 3 is 2.33 bits per heavy atom. The maximum Gasteiger partial charge on any atom is 0.319 e. The van der Waals surface area contributed by atoms with Gasteiger partial charge in [0, 0.05) is 12.7 Å². The molecule has 0 spiro atoms. The number of carbonyl (C=O) groups is 2. The Bertz CT molecular complexity index is 757. The first-order valence-corrected chi connectivity index (χ1v) is 8.94. The van der Waals surface area contributed by atoms with E-state index in [-0.39, 0.29) is 5.91 Å². The molecule has 0 unspecified atom stereocenters. The standard InChI is InChI=1S/C21H27N3O3/c1-15-12-16(2)14-19(13-15)27-11-10-24(4)20(25)17(3)22-21(26)23-18-8-6-5-7-9-18/h5-9,12-14,17H,10-11H2,1-4H3,(H2,22,23,26)/t17-/m0/s1. The number of nitrogens with one attached hydrogen (secondary N) is 2. The lowest BCUT2D eigenvalue weighted by molar-refractivity contribution is -0.131. The summed E-state index contributed by atoms with van der Waals surface area (Å²) in [6.45, 7) is 6.51. The zero-order valence-corrected chi connectivity index (χ0v) is 16.3. The molecule has 6 heteroatoms. The molecule has 27 heavy (non-hydrogen) atoms. The average molecular weight is 369 g/mol. The number of amides is 3. The van der Waals surface area contributed by atoms with E-state index < -0.39 is 12.1 Å². The van der Waals surface area contributed by atoms with E-state index in [4.69, 9.17) is 4.74 Å². The van der Waals surface area contributed by atoms with Crippen molar-refractivity contribution in [3.05, 3.63) is 59.7 Å². The Balaban J connectivity index is 1.77. The van der Waals surface area contributed by atoms with Crippen LogP contribution >= 0.6 is 0 Å². The van der Waals surface area contributed by atoms with E-state index in [1.807, 2.05) is 44.2 Å². The highest BCUT2D eigenvalue weighted by atomic mass is 16.5. The first kappa shape index (κ1) is 20.3. The van der Waals surface area contributed by atoms with Crippen molar-refractivity contribution in [3.8, 4) is 5.75 Å². The van der Waals surface area contributed by atoms with Crippen LogP contribution in [-0.4, -0.2) is 43.1 Å². The van der Waals surface area contributed by atoms with E-state index >= 15 is 0 Å². The largest absolute Gasteiger partial charge is 0.492 e. The number of aryl methyl sites for hydroxylation is 2. The van der Waals surface area contributed by atoms with Crippen LogP contribution in [0, 0.1) is 13.8 Å². The molecular formula is C21H27N3O3. The number of rotatable bonds is 7. The average Bonchev–Trinajstić information content (AvgIpc) is 2.60. The van der Waals surface area contributed by atoms with E-state index in [1.54, 1.807) is 31.0 Å². The van der Waals surface area contributed by atoms with Crippen LogP contribution in [0.25, 0.3) is 0 Å². The van der Waals surface area contributed by atoms with Gasteiger partial charge in [0.1, 0.15) is 18.4 Å². The van der Waals surface area contributed by atoms with Gasteiger partial charge in [0.15, 0.2) is 0 Å². The lowest BCUT2D eigenvalue weighted by Crippen LogP contribution is -2.47. The summed E-state index contributed by atoms with van der Waals surface area (Å²) < 4.78 is 5.73. The van der Waals surface area contributed by atoms with Gasteiger partial charge >= 0.3 is 6.03 Å². The fourth-order valence-electron chi connectivity index (χ4n) is 2.70. The Morgan fingerprint density at radius 1 is 1.07 bits per heavy atom. The van der Waals surface area contributed by atoms with Crippen LogP contribution in [0.5, 0.6) is 5.75 Å². The second-order valence-corrected chi connectivity index (χ2v) is 6.62. The molecule has 0 saturated heterocycles. The van der Waals surface area contributed by atoms with Gasteiger partial charge < -0.3 is 20.3 Å². The van der Waals surface area contributed by atoms with Gasteiger partial charge in [0.2, 0.25) is 5.91 Å². The molecule has 0 aliphatic heterocycles. The highest BCUT2D eigenvalue weighted by molar-refractivity contribution is 5.93. The number of hydrogen-bond acceptors (Lipinski definition) is 3. The summed E-state index contributed by atoms with van der Waals surface area (Å²) in [5.41, 5.74) is 2.94. The number of nitrogens with zero attached hydrogens (tertiary/aromatic N) is 1. The van der Waals surface area contributed by atoms with Crippen LogP contribution in [0.4, 0.5) is 10.5 Å². The Morgan fingerprint density at radius 2 is 1.70 bits per heavy atom. The van der Waals surface area contributed by atoms with Gasteiger partial charge in [-0.3, -0.25) is 4.79 Å². The second kappa shape index (κ2) is 9.62. The smallest absolute Gasteiger partial charge is 0.319 e. The summed E-state index contributed by atoms with van der Waals surface area (Å²) in [5.74, 6) is 0.615. The molecule has 0 aliphatic carbocycles. The van der Waals surface area contributed by atoms with Crippen LogP contribution in [0.1, 0.15) is 18.1 Å². The minimum atomic E-state index is -0.639. The summed E-state index contributed by atoms with van der Waals surface area (Å²) in [6, 6.07) is 14.0. The molecule has 0 aromatic heterocycles. The normalized spacial score (nSPS) is 11.4. The van der Waals surface area contributed by atoms with Gasteiger partial charge in [-0.1, -0.05) is 24.3 Å². The van der Waals surface area contributed by atoms with Gasteiger partial charge in [-0.05, 0) is 56.2 Å². The van der Waals surface area contributed by atoms with Crippen molar-refractivity contribution in [1.82, 2.24) is 10.2 Å². The van der Waals surface area contributed by atoms with Crippen LogP contribution in [0.2, 0.25) is 0 Å². The van der Waals surface area contributed by atoms with Gasteiger partial charge in [-0.15, -0.1) is 0 Å². The van der Waals surface area contributed by atoms with Gasteiger partial charge in [0.25, 0.3) is 0 Å². The summed E-state index contributed by atoms with van der Waals surface area (Å²) in [4.78, 5) is 26.0. The SMILES string of the molecule is Cc1cc(C)cc(OCCN(C)C(=O)[C@H](C)NC(=O)Nc2ccccc2)c1. The molecule has 2 N–H and O–H groups in total. The Hall–Kier alpha value is -3.02. The molecule has 0 bridgehead atoms. The minimum absolute atomic E-state index is 0.178. The molecule has 3 amide bonds. The number of anilines is 1. The third kappa shape index (κ3) is 6.66. The number of urea groups is 1. The zero-order valence-electron chi connectivity index (χ0n) is 16.3. The first-order valence-electron chi connectivity index (χ1n) is 8.94. The van der Waals surface area contributed by atoms with Crippen molar-refractivity contribution < 1.29 is 14.3 Å². The van der Waals surface area contributed by atoms with Gasteiger partial charge in [-0.25, -0.2) is 4.79 Å². The number of carbonyl (C=O) groups excluding carboxylic acids is 2. The predicted molar refractivity (Wildman–Crippen MR) is 107 cm³/mol. The molecule has 144 valence electrons. The molecule has 0 aliphatic rings. The molecule has 6 nitrogen and oxygen atoms in total. The van der Waals surface area contributed by atoms with Crippen LogP contribution in [0.15, 0.2) is 48.5 Å². The number of hydrogen-bond donors (Lipinski definition) is 2. The maximum atomic E-state index is 12.4. The number of ether oxygens (including phenoxy) is 1. The fraction of sp³-hybridized carbons (Fsp3) is 0.333. The quantitative estimate of drug-likeness (QED) is 0.786. The number of likely N-dealkylation sites (N-methyl/N-ethyl adjacent to an activating group) is 1. The van der Waals surface area contributed by atoms with Gasteiger partial charge in [0.05, 0.1) is 6.54 Å². The van der Waals surface area contributed by atoms with Crippen molar-refractivity contribution in [3.63, 3.8) is 0 Å². The van der Waals surface area contributed by atoms with E-state index in [1.165, 1.54) is 0 Å². The maximum absolute atomic E-state index is 12.4. The fourth-order valence-corrected chi connectivity index (χ4v) is 2.70. The molecule has 0 saturated carbocycles. The zero-order chi connectivity index (χ0) is 19.8. The van der Waals surface area contributed by atoms with E-state index in [0.29, 0.717) is 18.8 Å². The number of para-hydroxylation sites is 1. The van der Waals surface area contributed by atoms with Crippen LogP contribution < -0.4 is 15.4 Å². The summed E-state index contributed by atoms with van der Waals surface area (Å²) in [7, 11) is 1.69. The molecule has 2 aromatic carbocycles. The van der Waals surface area contributed by atoms with E-state index in [0.717, 1.165) is 16.9 Å². The molecule has 0 heterocycles.